The lowest BCUT2D eigenvalue weighted by Crippen LogP contribution is -2.47. The van der Waals surface area contributed by atoms with E-state index in [1.165, 1.54) is 185 Å². The van der Waals surface area contributed by atoms with Crippen molar-refractivity contribution >= 4 is 23.8 Å². The lowest BCUT2D eigenvalue weighted by Gasteiger charge is -2.33. The van der Waals surface area contributed by atoms with Gasteiger partial charge in [0.25, 0.3) is 5.91 Å². The van der Waals surface area contributed by atoms with E-state index >= 15 is 4.39 Å². The van der Waals surface area contributed by atoms with Gasteiger partial charge in [-0.15, -0.1) is 0 Å². The third-order valence-electron chi connectivity index (χ3n) is 15.7. The number of carbonyl (C=O) groups excluding carboxylic acids is 3. The Balaban J connectivity index is 5.20. The highest BCUT2D eigenvalue weighted by molar-refractivity contribution is 5.81. The van der Waals surface area contributed by atoms with Crippen LogP contribution in [0.4, 0.5) is 9.18 Å². The van der Waals surface area contributed by atoms with Crippen LogP contribution in [0.15, 0.2) is 0 Å². The second-order valence-electron chi connectivity index (χ2n) is 23.9. The molecule has 0 radical (unpaired) electrons. The molecule has 0 aliphatic rings. The SMILES string of the molecule is CCCCCCCCCCN(CCCCCCCCCC)C(=O)CCCCCCCN(CCCCCCCC(=O)N(CCCCCCCCCC)CCCCCCCCCC)C(=O)C(F)CCN(C(=O)O)C(C)(C)C. The predicted molar refractivity (Wildman–Crippen MR) is 320 cm³/mol. The summed E-state index contributed by atoms with van der Waals surface area (Å²) in [6.07, 6.45) is 47.7. The van der Waals surface area contributed by atoms with E-state index in [0.717, 1.165) is 116 Å². The number of carboxylic acid groups (broad SMARTS) is 1. The van der Waals surface area contributed by atoms with Crippen molar-refractivity contribution in [2.75, 3.05) is 45.8 Å². The molecular formula is C65H127FN4O5. The summed E-state index contributed by atoms with van der Waals surface area (Å²) in [6, 6.07) is 0. The van der Waals surface area contributed by atoms with Crippen LogP contribution in [0, 0.1) is 0 Å². The molecule has 0 aromatic rings. The molecule has 0 aliphatic carbocycles. The lowest BCUT2D eigenvalue weighted by molar-refractivity contribution is -0.137. The number of nitrogens with zero attached hydrogens (tertiary/aromatic N) is 4. The molecule has 444 valence electrons. The number of hydrogen-bond acceptors (Lipinski definition) is 4. The van der Waals surface area contributed by atoms with Gasteiger partial charge in [0.05, 0.1) is 0 Å². The second kappa shape index (κ2) is 52.3. The minimum Gasteiger partial charge on any atom is -0.465 e. The van der Waals surface area contributed by atoms with Gasteiger partial charge in [0.1, 0.15) is 0 Å². The third kappa shape index (κ3) is 44.2. The molecule has 0 spiro atoms. The Morgan fingerprint density at radius 1 is 0.347 bits per heavy atom. The van der Waals surface area contributed by atoms with E-state index in [2.05, 4.69) is 37.5 Å². The molecule has 1 atom stereocenters. The lowest BCUT2D eigenvalue weighted by atomic mass is 10.1. The first-order valence-corrected chi connectivity index (χ1v) is 32.8. The molecule has 0 saturated heterocycles. The van der Waals surface area contributed by atoms with Crippen LogP contribution >= 0.6 is 0 Å². The zero-order valence-electron chi connectivity index (χ0n) is 51.1. The normalized spacial score (nSPS) is 12.1. The molecule has 0 heterocycles. The van der Waals surface area contributed by atoms with Crippen LogP contribution in [-0.4, -0.2) is 106 Å². The number of amides is 4. The molecule has 10 heteroatoms. The standard InChI is InChI=1S/C65H127FN4O5/c1-8-12-16-20-24-28-36-44-53-67(54-45-37-29-25-21-17-13-9-2)61(71)50-42-34-32-40-48-57-69(63(73)60(66)52-59-70(64(74)75)65(5,6)7)58-49-41-33-35-43-51-62(72)68(55-46-38-30-26-22-18-14-10-3)56-47-39-31-27-23-19-15-11-4/h60H,8-59H2,1-7H3,(H,74,75). The Morgan fingerprint density at radius 3 is 0.813 bits per heavy atom. The zero-order valence-corrected chi connectivity index (χ0v) is 51.1. The summed E-state index contributed by atoms with van der Waals surface area (Å²) in [5, 5.41) is 9.78. The van der Waals surface area contributed by atoms with E-state index in [9.17, 15) is 24.3 Å². The molecular weight excluding hydrogens is 936 g/mol. The monoisotopic (exact) mass is 1060 g/mol. The highest BCUT2D eigenvalue weighted by Crippen LogP contribution is 2.20. The van der Waals surface area contributed by atoms with Gasteiger partial charge in [-0.3, -0.25) is 14.4 Å². The van der Waals surface area contributed by atoms with E-state index in [1.54, 1.807) is 25.7 Å². The zero-order chi connectivity index (χ0) is 55.5. The molecule has 0 aromatic heterocycles. The molecule has 0 aromatic carbocycles. The molecule has 75 heavy (non-hydrogen) atoms. The van der Waals surface area contributed by atoms with Gasteiger partial charge >= 0.3 is 6.09 Å². The molecule has 1 unspecified atom stereocenters. The van der Waals surface area contributed by atoms with Gasteiger partial charge < -0.3 is 24.7 Å². The Hall–Kier alpha value is -2.39. The molecule has 0 aliphatic heterocycles. The summed E-state index contributed by atoms with van der Waals surface area (Å²) in [6.45, 7) is 18.8. The van der Waals surface area contributed by atoms with Crippen LogP contribution in [0.3, 0.4) is 0 Å². The van der Waals surface area contributed by atoms with Crippen molar-refractivity contribution in [3.63, 3.8) is 0 Å². The number of carbonyl (C=O) groups is 4. The summed E-state index contributed by atoms with van der Waals surface area (Å²) < 4.78 is 15.7. The minimum absolute atomic E-state index is 0.0393. The molecule has 9 nitrogen and oxygen atoms in total. The van der Waals surface area contributed by atoms with Crippen LogP contribution in [0.25, 0.3) is 0 Å². The van der Waals surface area contributed by atoms with Crippen LogP contribution in [0.5, 0.6) is 0 Å². The summed E-state index contributed by atoms with van der Waals surface area (Å²) in [5.41, 5.74) is -0.693. The van der Waals surface area contributed by atoms with E-state index < -0.39 is 23.7 Å². The molecule has 0 bridgehead atoms. The smallest absolute Gasteiger partial charge is 0.407 e. The van der Waals surface area contributed by atoms with Crippen molar-refractivity contribution in [1.82, 2.24) is 19.6 Å². The van der Waals surface area contributed by atoms with Crippen molar-refractivity contribution in [2.24, 2.45) is 0 Å². The average Bonchev–Trinajstić information content (AvgIpc) is 3.38. The molecule has 0 rings (SSSR count). The highest BCUT2D eigenvalue weighted by Gasteiger charge is 2.30. The van der Waals surface area contributed by atoms with Gasteiger partial charge in [-0.1, -0.05) is 246 Å². The number of halogens is 1. The molecule has 1 N–H and O–H groups in total. The predicted octanol–water partition coefficient (Wildman–Crippen LogP) is 19.2. The first-order valence-electron chi connectivity index (χ1n) is 32.8. The fraction of sp³-hybridized carbons (Fsp3) is 0.938. The van der Waals surface area contributed by atoms with Gasteiger partial charge in [0.2, 0.25) is 11.8 Å². The fourth-order valence-electron chi connectivity index (χ4n) is 10.6. The second-order valence-corrected chi connectivity index (χ2v) is 23.9. The number of alkyl halides is 1. The van der Waals surface area contributed by atoms with Gasteiger partial charge in [0.15, 0.2) is 6.17 Å². The Bertz CT molecular complexity index is 1200. The molecule has 0 fully saturated rings. The van der Waals surface area contributed by atoms with E-state index in [4.69, 9.17) is 0 Å². The summed E-state index contributed by atoms with van der Waals surface area (Å²) in [5.74, 6) is 0.0687. The highest BCUT2D eigenvalue weighted by atomic mass is 19.1. The largest absolute Gasteiger partial charge is 0.465 e. The van der Waals surface area contributed by atoms with Crippen LogP contribution < -0.4 is 0 Å². The van der Waals surface area contributed by atoms with Gasteiger partial charge in [-0.25, -0.2) is 9.18 Å². The Labute approximate surface area is 465 Å². The van der Waals surface area contributed by atoms with Crippen molar-refractivity contribution in [3.8, 4) is 0 Å². The van der Waals surface area contributed by atoms with Crippen molar-refractivity contribution in [3.05, 3.63) is 0 Å². The fourth-order valence-corrected chi connectivity index (χ4v) is 10.6. The topological polar surface area (TPSA) is 101 Å². The van der Waals surface area contributed by atoms with Gasteiger partial charge in [-0.2, -0.15) is 0 Å². The minimum atomic E-state index is -1.76. The maximum atomic E-state index is 15.7. The van der Waals surface area contributed by atoms with Crippen molar-refractivity contribution < 1.29 is 28.7 Å². The van der Waals surface area contributed by atoms with Crippen molar-refractivity contribution in [2.45, 2.75) is 349 Å². The first kappa shape index (κ1) is 72.6. The quantitative estimate of drug-likeness (QED) is 0.0612. The maximum Gasteiger partial charge on any atom is 0.407 e. The van der Waals surface area contributed by atoms with Crippen LogP contribution in [-0.2, 0) is 14.4 Å². The third-order valence-corrected chi connectivity index (χ3v) is 15.7. The number of rotatable bonds is 56. The van der Waals surface area contributed by atoms with Gasteiger partial charge in [-0.05, 0) is 72.1 Å². The van der Waals surface area contributed by atoms with Crippen LogP contribution in [0.1, 0.15) is 337 Å². The van der Waals surface area contributed by atoms with Crippen LogP contribution in [0.2, 0.25) is 0 Å². The Morgan fingerprint density at radius 2 is 0.573 bits per heavy atom. The number of unbranched alkanes of at least 4 members (excludes halogenated alkanes) is 36. The van der Waals surface area contributed by atoms with E-state index in [-0.39, 0.29) is 13.0 Å². The van der Waals surface area contributed by atoms with E-state index in [1.807, 2.05) is 0 Å². The summed E-state index contributed by atoms with van der Waals surface area (Å²) in [4.78, 5) is 59.9. The van der Waals surface area contributed by atoms with Crippen molar-refractivity contribution in [1.29, 1.82) is 0 Å². The molecule has 4 amide bonds. The average molecular weight is 1060 g/mol. The summed E-state index contributed by atoms with van der Waals surface area (Å²) >= 11 is 0. The Kier molecular flexibility index (Phi) is 50.6. The van der Waals surface area contributed by atoms with E-state index in [0.29, 0.717) is 37.7 Å². The maximum absolute atomic E-state index is 15.7. The summed E-state index contributed by atoms with van der Waals surface area (Å²) in [7, 11) is 0. The van der Waals surface area contributed by atoms with Gasteiger partial charge in [0, 0.05) is 70.6 Å². The number of hydrogen-bond donors (Lipinski definition) is 1. The first-order chi connectivity index (χ1) is 36.3. The molecule has 0 saturated carbocycles.